The molecule has 0 aliphatic heterocycles. The molecule has 0 aliphatic carbocycles. The first-order valence-electron chi connectivity index (χ1n) is 6.77. The van der Waals surface area contributed by atoms with Gasteiger partial charge in [-0.25, -0.2) is 0 Å². The van der Waals surface area contributed by atoms with Crippen molar-refractivity contribution in [2.75, 3.05) is 12.4 Å². The first-order chi connectivity index (χ1) is 10.6. The third-order valence-electron chi connectivity index (χ3n) is 3.17. The topological polar surface area (TPSA) is 75.6 Å². The minimum Gasteiger partial charge on any atom is -0.497 e. The quantitative estimate of drug-likeness (QED) is 0.820. The van der Waals surface area contributed by atoms with Crippen molar-refractivity contribution in [1.82, 2.24) is 0 Å². The molecule has 1 aromatic carbocycles. The van der Waals surface area contributed by atoms with Crippen molar-refractivity contribution in [2.45, 2.75) is 18.8 Å². The third kappa shape index (κ3) is 4.60. The Hall–Kier alpha value is -2.34. The zero-order chi connectivity index (χ0) is 15.9. The molecule has 116 valence electrons. The summed E-state index contributed by atoms with van der Waals surface area (Å²) >= 11 is 1.47. The monoisotopic (exact) mass is 319 g/mol. The average molecular weight is 319 g/mol. The Morgan fingerprint density at radius 3 is 2.50 bits per heavy atom. The van der Waals surface area contributed by atoms with Crippen LogP contribution in [-0.4, -0.2) is 24.1 Å². The van der Waals surface area contributed by atoms with E-state index in [4.69, 9.17) is 9.84 Å². The molecule has 0 unspecified atom stereocenters. The zero-order valence-electron chi connectivity index (χ0n) is 12.1. The molecule has 0 saturated heterocycles. The fourth-order valence-electron chi connectivity index (χ4n) is 2.12. The Labute approximate surface area is 132 Å². The number of amides is 1. The molecular weight excluding hydrogens is 302 g/mol. The molecule has 2 rings (SSSR count). The summed E-state index contributed by atoms with van der Waals surface area (Å²) in [5, 5.41) is 13.7. The van der Waals surface area contributed by atoms with Crippen LogP contribution in [0.3, 0.4) is 0 Å². The molecule has 0 spiro atoms. The van der Waals surface area contributed by atoms with Gasteiger partial charge in [0, 0.05) is 22.9 Å². The van der Waals surface area contributed by atoms with Crippen LogP contribution >= 0.6 is 11.3 Å². The molecule has 2 N–H and O–H groups in total. The van der Waals surface area contributed by atoms with Crippen LogP contribution in [0.15, 0.2) is 41.8 Å². The largest absolute Gasteiger partial charge is 0.497 e. The van der Waals surface area contributed by atoms with Gasteiger partial charge in [0.1, 0.15) is 5.75 Å². The second kappa shape index (κ2) is 7.61. The van der Waals surface area contributed by atoms with Gasteiger partial charge in [-0.05, 0) is 35.7 Å². The van der Waals surface area contributed by atoms with Crippen LogP contribution < -0.4 is 10.1 Å². The van der Waals surface area contributed by atoms with Crippen molar-refractivity contribution in [3.05, 3.63) is 46.7 Å². The summed E-state index contributed by atoms with van der Waals surface area (Å²) in [5.74, 6) is -0.712. The van der Waals surface area contributed by atoms with Gasteiger partial charge in [-0.3, -0.25) is 9.59 Å². The van der Waals surface area contributed by atoms with Gasteiger partial charge >= 0.3 is 5.97 Å². The minimum absolute atomic E-state index is 0.0590. The second-order valence-electron chi connectivity index (χ2n) is 4.79. The van der Waals surface area contributed by atoms with E-state index in [0.717, 1.165) is 4.88 Å². The highest BCUT2D eigenvalue weighted by molar-refractivity contribution is 7.10. The number of methoxy groups -OCH3 is 1. The van der Waals surface area contributed by atoms with Crippen LogP contribution in [0.5, 0.6) is 5.75 Å². The highest BCUT2D eigenvalue weighted by Gasteiger charge is 2.20. The minimum atomic E-state index is -0.907. The van der Waals surface area contributed by atoms with Gasteiger partial charge in [-0.15, -0.1) is 11.3 Å². The molecule has 0 saturated carbocycles. The maximum Gasteiger partial charge on any atom is 0.304 e. The van der Waals surface area contributed by atoms with E-state index >= 15 is 0 Å². The van der Waals surface area contributed by atoms with Crippen molar-refractivity contribution in [1.29, 1.82) is 0 Å². The predicted molar refractivity (Wildman–Crippen MR) is 85.6 cm³/mol. The maximum absolute atomic E-state index is 12.1. The molecule has 1 atom stereocenters. The van der Waals surface area contributed by atoms with E-state index in [1.165, 1.54) is 11.3 Å². The number of carbonyl (C=O) groups excluding carboxylic acids is 1. The fraction of sp³-hybridized carbons (Fsp3) is 0.250. The Morgan fingerprint density at radius 2 is 1.95 bits per heavy atom. The number of carboxylic acids is 1. The van der Waals surface area contributed by atoms with E-state index in [-0.39, 0.29) is 24.7 Å². The lowest BCUT2D eigenvalue weighted by Gasteiger charge is -2.13. The van der Waals surface area contributed by atoms with E-state index in [9.17, 15) is 9.59 Å². The number of rotatable bonds is 7. The fourth-order valence-corrected chi connectivity index (χ4v) is 2.95. The number of hydrogen-bond donors (Lipinski definition) is 2. The van der Waals surface area contributed by atoms with Gasteiger partial charge in [-0.1, -0.05) is 6.07 Å². The van der Waals surface area contributed by atoms with Gasteiger partial charge < -0.3 is 15.2 Å². The van der Waals surface area contributed by atoms with Crippen molar-refractivity contribution in [3.8, 4) is 5.75 Å². The van der Waals surface area contributed by atoms with Crippen molar-refractivity contribution in [3.63, 3.8) is 0 Å². The average Bonchev–Trinajstić information content (AvgIpc) is 3.01. The first-order valence-corrected chi connectivity index (χ1v) is 7.65. The molecule has 6 heteroatoms. The molecule has 0 fully saturated rings. The lowest BCUT2D eigenvalue weighted by Crippen LogP contribution is -2.17. The summed E-state index contributed by atoms with van der Waals surface area (Å²) in [4.78, 5) is 24.0. The summed E-state index contributed by atoms with van der Waals surface area (Å²) in [5.41, 5.74) is 0.658. The number of anilines is 1. The predicted octanol–water partition coefficient (Wildman–Crippen LogP) is 3.34. The number of aliphatic carboxylic acids is 1. The number of benzene rings is 1. The molecular formula is C16H17NO4S. The Kier molecular flexibility index (Phi) is 5.55. The van der Waals surface area contributed by atoms with Crippen LogP contribution in [0, 0.1) is 0 Å². The summed E-state index contributed by atoms with van der Waals surface area (Å²) in [6, 6.07) is 10.7. The lowest BCUT2D eigenvalue weighted by atomic mass is 9.99. The summed E-state index contributed by atoms with van der Waals surface area (Å²) in [7, 11) is 1.57. The number of nitrogens with one attached hydrogen (secondary N) is 1. The van der Waals surface area contributed by atoms with Crippen LogP contribution in [0.2, 0.25) is 0 Å². The molecule has 0 aliphatic rings. The van der Waals surface area contributed by atoms with E-state index in [1.54, 1.807) is 31.4 Å². The van der Waals surface area contributed by atoms with Crippen LogP contribution in [0.25, 0.3) is 0 Å². The number of ether oxygens (including phenoxy) is 1. The molecule has 5 nitrogen and oxygen atoms in total. The molecule has 1 aromatic heterocycles. The Balaban J connectivity index is 1.99. The number of thiophene rings is 1. The van der Waals surface area contributed by atoms with Crippen molar-refractivity contribution >= 4 is 28.9 Å². The zero-order valence-corrected chi connectivity index (χ0v) is 12.9. The summed E-state index contributed by atoms with van der Waals surface area (Å²) in [6.07, 6.45) is 0.0788. The standard InChI is InChI=1S/C16H17NO4S/c1-21-13-6-4-12(5-7-13)17-15(18)9-11(10-16(19)20)14-3-2-8-22-14/h2-8,11H,9-10H2,1H3,(H,17,18)(H,19,20)/t11-/m0/s1. The van der Waals surface area contributed by atoms with Crippen molar-refractivity contribution in [2.24, 2.45) is 0 Å². The first kappa shape index (κ1) is 16.0. The van der Waals surface area contributed by atoms with Crippen LogP contribution in [0.4, 0.5) is 5.69 Å². The molecule has 22 heavy (non-hydrogen) atoms. The summed E-state index contributed by atoms with van der Waals surface area (Å²) in [6.45, 7) is 0. The lowest BCUT2D eigenvalue weighted by molar-refractivity contribution is -0.137. The number of hydrogen-bond acceptors (Lipinski definition) is 4. The van der Waals surface area contributed by atoms with Gasteiger partial charge in [0.05, 0.1) is 13.5 Å². The van der Waals surface area contributed by atoms with Gasteiger partial charge in [0.2, 0.25) is 5.91 Å². The van der Waals surface area contributed by atoms with E-state index in [0.29, 0.717) is 11.4 Å². The Morgan fingerprint density at radius 1 is 1.23 bits per heavy atom. The molecule has 2 aromatic rings. The second-order valence-corrected chi connectivity index (χ2v) is 5.77. The summed E-state index contributed by atoms with van der Waals surface area (Å²) < 4.78 is 5.05. The molecule has 0 radical (unpaired) electrons. The van der Waals surface area contributed by atoms with Crippen LogP contribution in [-0.2, 0) is 9.59 Å². The number of carbonyl (C=O) groups is 2. The highest BCUT2D eigenvalue weighted by Crippen LogP contribution is 2.28. The number of carboxylic acid groups (broad SMARTS) is 1. The highest BCUT2D eigenvalue weighted by atomic mass is 32.1. The third-order valence-corrected chi connectivity index (χ3v) is 4.21. The van der Waals surface area contributed by atoms with Gasteiger partial charge in [0.15, 0.2) is 0 Å². The normalized spacial score (nSPS) is 11.7. The van der Waals surface area contributed by atoms with Gasteiger partial charge in [0.25, 0.3) is 0 Å². The molecule has 1 amide bonds. The van der Waals surface area contributed by atoms with E-state index in [1.807, 2.05) is 17.5 Å². The molecule has 1 heterocycles. The Bertz CT molecular complexity index is 622. The van der Waals surface area contributed by atoms with Gasteiger partial charge in [-0.2, -0.15) is 0 Å². The van der Waals surface area contributed by atoms with Crippen molar-refractivity contribution < 1.29 is 19.4 Å². The van der Waals surface area contributed by atoms with Crippen LogP contribution in [0.1, 0.15) is 23.6 Å². The van der Waals surface area contributed by atoms with E-state index < -0.39 is 5.97 Å². The SMILES string of the molecule is COc1ccc(NC(=O)C[C@@H](CC(=O)O)c2cccs2)cc1. The maximum atomic E-state index is 12.1. The smallest absolute Gasteiger partial charge is 0.304 e. The molecule has 0 bridgehead atoms. The van der Waals surface area contributed by atoms with E-state index in [2.05, 4.69) is 5.32 Å².